The fourth-order valence-corrected chi connectivity index (χ4v) is 4.83. The Kier molecular flexibility index (Phi) is 5.64. The average molecular weight is 320 g/mol. The highest BCUT2D eigenvalue weighted by atomic mass is 32.2. The predicted molar refractivity (Wildman–Crippen MR) is 97.6 cm³/mol. The minimum absolute atomic E-state index is 0.505. The number of rotatable bonds is 6. The van der Waals surface area contributed by atoms with E-state index in [9.17, 15) is 0 Å². The molecule has 0 aromatic rings. The van der Waals surface area contributed by atoms with E-state index in [1.54, 1.807) is 5.57 Å². The van der Waals surface area contributed by atoms with E-state index in [0.29, 0.717) is 6.04 Å². The molecule has 2 aliphatic heterocycles. The topological polar surface area (TPSA) is 18.8 Å². The van der Waals surface area contributed by atoms with Gasteiger partial charge in [0.1, 0.15) is 0 Å². The fourth-order valence-electron chi connectivity index (χ4n) is 3.72. The molecule has 1 aliphatic carbocycles. The Bertz CT molecular complexity index is 459. The Hall–Kier alpha value is -0.740. The van der Waals surface area contributed by atoms with E-state index < -0.39 is 0 Å². The molecule has 4 heteroatoms. The molecule has 3 rings (SSSR count). The highest BCUT2D eigenvalue weighted by Gasteiger charge is 2.31. The molecule has 0 aromatic carbocycles. The van der Waals surface area contributed by atoms with Gasteiger partial charge in [-0.3, -0.25) is 5.01 Å². The van der Waals surface area contributed by atoms with Gasteiger partial charge in [-0.25, -0.2) is 0 Å². The number of thioether (sulfide) groups is 1. The third kappa shape index (κ3) is 3.60. The van der Waals surface area contributed by atoms with Gasteiger partial charge in [0.2, 0.25) is 0 Å². The summed E-state index contributed by atoms with van der Waals surface area (Å²) in [4.78, 5) is 2.48. The van der Waals surface area contributed by atoms with E-state index in [2.05, 4.69) is 59.0 Å². The van der Waals surface area contributed by atoms with E-state index in [1.165, 1.54) is 36.3 Å². The van der Waals surface area contributed by atoms with Crippen LogP contribution in [0.2, 0.25) is 0 Å². The first-order valence-corrected chi connectivity index (χ1v) is 9.98. The summed E-state index contributed by atoms with van der Waals surface area (Å²) in [6.07, 6.45) is 10.7. The Morgan fingerprint density at radius 3 is 2.73 bits per heavy atom. The van der Waals surface area contributed by atoms with Gasteiger partial charge in [0.25, 0.3) is 0 Å². The van der Waals surface area contributed by atoms with Crippen LogP contribution in [0.25, 0.3) is 0 Å². The third-order valence-corrected chi connectivity index (χ3v) is 6.35. The molecule has 0 aromatic heterocycles. The Labute approximate surface area is 139 Å². The van der Waals surface area contributed by atoms with E-state index in [4.69, 9.17) is 0 Å². The standard InChI is InChI=1S/C18H29N3S/c1-3-20(4-2)9-10-21-18-13-16(5-6-17(18)14-19-21)15-7-11-22-12-8-15/h5-6,14-15,18H,3-4,7-13H2,1-2H3. The molecule has 1 fully saturated rings. The lowest BCUT2D eigenvalue weighted by molar-refractivity contribution is 0.196. The minimum atomic E-state index is 0.505. The SMILES string of the molecule is CCN(CC)CCN1N=CC2=CC=C(C3CCSCC3)CC21. The summed E-state index contributed by atoms with van der Waals surface area (Å²) in [7, 11) is 0. The van der Waals surface area contributed by atoms with Gasteiger partial charge in [0.05, 0.1) is 12.3 Å². The van der Waals surface area contributed by atoms with Crippen LogP contribution in [-0.2, 0) is 0 Å². The Balaban J connectivity index is 1.59. The van der Waals surface area contributed by atoms with E-state index >= 15 is 0 Å². The molecule has 1 atom stereocenters. The van der Waals surface area contributed by atoms with Gasteiger partial charge in [0.15, 0.2) is 0 Å². The van der Waals surface area contributed by atoms with Gasteiger partial charge in [-0.2, -0.15) is 16.9 Å². The number of hydrazone groups is 1. The lowest BCUT2D eigenvalue weighted by Gasteiger charge is -2.33. The summed E-state index contributed by atoms with van der Waals surface area (Å²) in [6.45, 7) is 8.91. The first-order chi connectivity index (χ1) is 10.8. The summed E-state index contributed by atoms with van der Waals surface area (Å²) < 4.78 is 0. The summed E-state index contributed by atoms with van der Waals surface area (Å²) in [5.41, 5.74) is 3.08. The smallest absolute Gasteiger partial charge is 0.0773 e. The van der Waals surface area contributed by atoms with Crippen LogP contribution in [-0.4, -0.2) is 59.8 Å². The van der Waals surface area contributed by atoms with Crippen molar-refractivity contribution in [1.29, 1.82) is 0 Å². The maximum atomic E-state index is 4.68. The molecule has 0 amide bonds. The number of hydrogen-bond acceptors (Lipinski definition) is 4. The summed E-state index contributed by atoms with van der Waals surface area (Å²) in [6, 6.07) is 0.505. The van der Waals surface area contributed by atoms with Crippen molar-refractivity contribution in [3.8, 4) is 0 Å². The number of nitrogens with zero attached hydrogens (tertiary/aromatic N) is 3. The monoisotopic (exact) mass is 319 g/mol. The number of allylic oxidation sites excluding steroid dienone is 2. The van der Waals surface area contributed by atoms with Crippen LogP contribution in [0.15, 0.2) is 28.4 Å². The predicted octanol–water partition coefficient (Wildman–Crippen LogP) is 3.40. The van der Waals surface area contributed by atoms with Crippen LogP contribution in [0, 0.1) is 5.92 Å². The molecule has 0 bridgehead atoms. The molecule has 1 unspecified atom stereocenters. The molecule has 0 N–H and O–H groups in total. The van der Waals surface area contributed by atoms with Crippen LogP contribution in [0.3, 0.4) is 0 Å². The molecule has 122 valence electrons. The van der Waals surface area contributed by atoms with Crippen molar-refractivity contribution in [3.63, 3.8) is 0 Å². The van der Waals surface area contributed by atoms with Crippen LogP contribution in [0.1, 0.15) is 33.1 Å². The maximum Gasteiger partial charge on any atom is 0.0773 e. The van der Waals surface area contributed by atoms with E-state index in [0.717, 1.165) is 32.1 Å². The molecule has 0 radical (unpaired) electrons. The third-order valence-electron chi connectivity index (χ3n) is 5.30. The van der Waals surface area contributed by atoms with Crippen molar-refractivity contribution in [3.05, 3.63) is 23.3 Å². The molecule has 1 saturated heterocycles. The van der Waals surface area contributed by atoms with Crippen LogP contribution >= 0.6 is 11.8 Å². The molecule has 3 aliphatic rings. The van der Waals surface area contributed by atoms with Crippen molar-refractivity contribution in [1.82, 2.24) is 9.91 Å². The van der Waals surface area contributed by atoms with Crippen molar-refractivity contribution >= 4 is 18.0 Å². The van der Waals surface area contributed by atoms with Crippen molar-refractivity contribution in [2.24, 2.45) is 11.0 Å². The number of fused-ring (bicyclic) bond motifs is 1. The zero-order chi connectivity index (χ0) is 15.4. The zero-order valence-electron chi connectivity index (χ0n) is 14.0. The average Bonchev–Trinajstić information content (AvgIpc) is 2.99. The van der Waals surface area contributed by atoms with Crippen molar-refractivity contribution in [2.75, 3.05) is 37.7 Å². The van der Waals surface area contributed by atoms with E-state index in [-0.39, 0.29) is 0 Å². The van der Waals surface area contributed by atoms with Gasteiger partial charge in [-0.15, -0.1) is 0 Å². The maximum absolute atomic E-state index is 4.68. The van der Waals surface area contributed by atoms with Gasteiger partial charge in [-0.1, -0.05) is 31.6 Å². The van der Waals surface area contributed by atoms with E-state index in [1.807, 2.05) is 0 Å². The number of likely N-dealkylation sites (N-methyl/N-ethyl adjacent to an activating group) is 1. The molecule has 22 heavy (non-hydrogen) atoms. The molecule has 3 nitrogen and oxygen atoms in total. The molecular weight excluding hydrogens is 290 g/mol. The molecule has 2 heterocycles. The van der Waals surface area contributed by atoms with Gasteiger partial charge >= 0.3 is 0 Å². The Morgan fingerprint density at radius 2 is 2.00 bits per heavy atom. The highest BCUT2D eigenvalue weighted by molar-refractivity contribution is 7.99. The normalized spacial score (nSPS) is 25.4. The first kappa shape index (κ1) is 16.1. The van der Waals surface area contributed by atoms with Crippen molar-refractivity contribution in [2.45, 2.75) is 39.2 Å². The second-order valence-electron chi connectivity index (χ2n) is 6.45. The van der Waals surface area contributed by atoms with Crippen LogP contribution < -0.4 is 0 Å². The molecule has 0 spiro atoms. The molecule has 0 saturated carbocycles. The Morgan fingerprint density at radius 1 is 1.23 bits per heavy atom. The van der Waals surface area contributed by atoms with Gasteiger partial charge in [-0.05, 0) is 55.3 Å². The highest BCUT2D eigenvalue weighted by Crippen LogP contribution is 2.36. The first-order valence-electron chi connectivity index (χ1n) is 8.83. The molecular formula is C18H29N3S. The minimum Gasteiger partial charge on any atom is -0.302 e. The van der Waals surface area contributed by atoms with Crippen LogP contribution in [0.5, 0.6) is 0 Å². The summed E-state index contributed by atoms with van der Waals surface area (Å²) in [5.74, 6) is 3.50. The lowest BCUT2D eigenvalue weighted by atomic mass is 9.83. The second kappa shape index (κ2) is 7.69. The zero-order valence-corrected chi connectivity index (χ0v) is 14.8. The van der Waals surface area contributed by atoms with Gasteiger partial charge < -0.3 is 4.90 Å². The second-order valence-corrected chi connectivity index (χ2v) is 7.67. The van der Waals surface area contributed by atoms with Crippen LogP contribution in [0.4, 0.5) is 0 Å². The fraction of sp³-hybridized carbons (Fsp3) is 0.722. The summed E-state index contributed by atoms with van der Waals surface area (Å²) >= 11 is 2.12. The van der Waals surface area contributed by atoms with Crippen molar-refractivity contribution < 1.29 is 0 Å². The largest absolute Gasteiger partial charge is 0.302 e. The quantitative estimate of drug-likeness (QED) is 0.748. The van der Waals surface area contributed by atoms with Gasteiger partial charge in [0, 0.05) is 13.1 Å². The lowest BCUT2D eigenvalue weighted by Crippen LogP contribution is -2.37. The number of hydrogen-bond donors (Lipinski definition) is 0. The summed E-state index contributed by atoms with van der Waals surface area (Å²) in [5, 5.41) is 7.00.